The number of nitrogens with zero attached hydrogens (tertiary/aromatic N) is 2. The summed E-state index contributed by atoms with van der Waals surface area (Å²) in [5.41, 5.74) is 0.832. The average molecular weight is 300 g/mol. The van der Waals surface area contributed by atoms with Crippen LogP contribution in [0.4, 0.5) is 11.8 Å². The maximum Gasteiger partial charge on any atom is 0.224 e. The van der Waals surface area contributed by atoms with E-state index in [9.17, 15) is 8.42 Å². The van der Waals surface area contributed by atoms with Gasteiger partial charge in [0.25, 0.3) is 0 Å². The maximum atomic E-state index is 11.7. The Morgan fingerprint density at radius 3 is 2.45 bits per heavy atom. The molecular formula is C13H24N4O2S. The van der Waals surface area contributed by atoms with Crippen molar-refractivity contribution >= 4 is 21.6 Å². The van der Waals surface area contributed by atoms with Crippen LogP contribution in [0.25, 0.3) is 0 Å². The van der Waals surface area contributed by atoms with Crippen LogP contribution < -0.4 is 10.6 Å². The Hall–Kier alpha value is -1.37. The minimum Gasteiger partial charge on any atom is -0.368 e. The Labute approximate surface area is 121 Å². The molecule has 0 aromatic carbocycles. The van der Waals surface area contributed by atoms with E-state index in [0.717, 1.165) is 18.7 Å². The first-order chi connectivity index (χ1) is 9.15. The summed E-state index contributed by atoms with van der Waals surface area (Å²) in [4.78, 5) is 8.61. The van der Waals surface area contributed by atoms with Crippen molar-refractivity contribution < 1.29 is 8.42 Å². The topological polar surface area (TPSA) is 84.0 Å². The molecule has 1 aromatic heterocycles. The molecule has 0 radical (unpaired) electrons. The van der Waals surface area contributed by atoms with E-state index < -0.39 is 14.6 Å². The van der Waals surface area contributed by atoms with Crippen LogP contribution in [0.1, 0.15) is 32.9 Å². The lowest BCUT2D eigenvalue weighted by Gasteiger charge is -2.23. The third kappa shape index (κ3) is 4.63. The zero-order valence-electron chi connectivity index (χ0n) is 12.8. The molecule has 0 aliphatic heterocycles. The van der Waals surface area contributed by atoms with Crippen molar-refractivity contribution in [2.75, 3.05) is 30.0 Å². The van der Waals surface area contributed by atoms with Crippen molar-refractivity contribution in [1.82, 2.24) is 9.97 Å². The Bertz CT molecular complexity index is 555. The van der Waals surface area contributed by atoms with Crippen molar-refractivity contribution in [2.24, 2.45) is 0 Å². The Morgan fingerprint density at radius 1 is 1.25 bits per heavy atom. The zero-order valence-corrected chi connectivity index (χ0v) is 13.6. The molecule has 1 heterocycles. The van der Waals surface area contributed by atoms with Gasteiger partial charge in [-0.15, -0.1) is 0 Å². The standard InChI is InChI=1S/C13H24N4O2S/c1-6-7-14-12-16-10(2)8-11(17-12)15-9-13(3,4)20(5,18)19/h8H,6-7,9H2,1-5H3,(H2,14,15,16,17). The SMILES string of the molecule is CCCNc1nc(C)cc(NCC(C)(C)S(C)(=O)=O)n1. The van der Waals surface area contributed by atoms with Gasteiger partial charge in [0.15, 0.2) is 9.84 Å². The summed E-state index contributed by atoms with van der Waals surface area (Å²) < 4.78 is 22.5. The van der Waals surface area contributed by atoms with E-state index in [1.54, 1.807) is 19.9 Å². The van der Waals surface area contributed by atoms with Gasteiger partial charge in [0.2, 0.25) is 5.95 Å². The first-order valence-corrected chi connectivity index (χ1v) is 8.58. The smallest absolute Gasteiger partial charge is 0.224 e. The van der Waals surface area contributed by atoms with Gasteiger partial charge in [0.05, 0.1) is 4.75 Å². The minimum absolute atomic E-state index is 0.301. The molecule has 0 atom stereocenters. The summed E-state index contributed by atoms with van der Waals surface area (Å²) in [5, 5.41) is 6.20. The number of hydrogen-bond donors (Lipinski definition) is 2. The molecule has 114 valence electrons. The molecule has 0 saturated carbocycles. The van der Waals surface area contributed by atoms with Crippen LogP contribution in [-0.2, 0) is 9.84 Å². The highest BCUT2D eigenvalue weighted by Crippen LogP contribution is 2.17. The summed E-state index contributed by atoms with van der Waals surface area (Å²) in [5.74, 6) is 1.19. The minimum atomic E-state index is -3.13. The number of hydrogen-bond acceptors (Lipinski definition) is 6. The summed E-state index contributed by atoms with van der Waals surface area (Å²) in [6.45, 7) is 8.44. The molecule has 7 heteroatoms. The lowest BCUT2D eigenvalue weighted by atomic mass is 10.2. The highest BCUT2D eigenvalue weighted by atomic mass is 32.2. The average Bonchev–Trinajstić information content (AvgIpc) is 2.32. The first kappa shape index (κ1) is 16.7. The number of aryl methyl sites for hydroxylation is 1. The monoisotopic (exact) mass is 300 g/mol. The predicted molar refractivity (Wildman–Crippen MR) is 83.0 cm³/mol. The molecule has 20 heavy (non-hydrogen) atoms. The predicted octanol–water partition coefficient (Wildman–Crippen LogP) is 1.84. The van der Waals surface area contributed by atoms with Crippen LogP contribution in [0.5, 0.6) is 0 Å². The fourth-order valence-corrected chi connectivity index (χ4v) is 1.74. The van der Waals surface area contributed by atoms with Gasteiger partial charge in [-0.3, -0.25) is 0 Å². The lowest BCUT2D eigenvalue weighted by Crippen LogP contribution is -2.38. The molecule has 0 amide bonds. The molecule has 1 rings (SSSR count). The third-order valence-electron chi connectivity index (χ3n) is 3.09. The van der Waals surface area contributed by atoms with Crippen LogP contribution in [0.2, 0.25) is 0 Å². The molecule has 0 saturated heterocycles. The van der Waals surface area contributed by atoms with E-state index in [1.807, 2.05) is 6.92 Å². The van der Waals surface area contributed by atoms with Crippen LogP contribution in [0, 0.1) is 6.92 Å². The van der Waals surface area contributed by atoms with Gasteiger partial charge < -0.3 is 10.6 Å². The molecule has 0 spiro atoms. The fourth-order valence-electron chi connectivity index (χ4n) is 1.41. The fraction of sp³-hybridized carbons (Fsp3) is 0.692. The van der Waals surface area contributed by atoms with E-state index in [2.05, 4.69) is 27.5 Å². The van der Waals surface area contributed by atoms with Crippen molar-refractivity contribution in [3.8, 4) is 0 Å². The number of aromatic nitrogens is 2. The molecule has 0 aliphatic rings. The van der Waals surface area contributed by atoms with Crippen LogP contribution in [0.15, 0.2) is 6.07 Å². The van der Waals surface area contributed by atoms with Crippen molar-refractivity contribution in [3.05, 3.63) is 11.8 Å². The van der Waals surface area contributed by atoms with E-state index in [1.165, 1.54) is 6.26 Å². The van der Waals surface area contributed by atoms with Gasteiger partial charge in [0, 0.05) is 31.1 Å². The van der Waals surface area contributed by atoms with Crippen LogP contribution >= 0.6 is 0 Å². The molecule has 2 N–H and O–H groups in total. The van der Waals surface area contributed by atoms with Gasteiger partial charge in [-0.05, 0) is 27.2 Å². The van der Waals surface area contributed by atoms with Gasteiger partial charge in [0.1, 0.15) is 5.82 Å². The summed E-state index contributed by atoms with van der Waals surface area (Å²) in [6.07, 6.45) is 2.23. The molecule has 6 nitrogen and oxygen atoms in total. The molecule has 1 aromatic rings. The van der Waals surface area contributed by atoms with Crippen molar-refractivity contribution in [2.45, 2.75) is 38.9 Å². The Kier molecular flexibility index (Phi) is 5.33. The first-order valence-electron chi connectivity index (χ1n) is 6.69. The summed E-state index contributed by atoms with van der Waals surface area (Å²) >= 11 is 0. The second-order valence-corrected chi connectivity index (χ2v) is 8.18. The van der Waals surface area contributed by atoms with Crippen LogP contribution in [-0.4, -0.2) is 42.5 Å². The maximum absolute atomic E-state index is 11.7. The molecule has 0 unspecified atom stereocenters. The number of anilines is 2. The van der Waals surface area contributed by atoms with Crippen molar-refractivity contribution in [1.29, 1.82) is 0 Å². The number of rotatable bonds is 7. The van der Waals surface area contributed by atoms with E-state index in [-0.39, 0.29) is 0 Å². The van der Waals surface area contributed by atoms with E-state index in [0.29, 0.717) is 18.3 Å². The molecule has 0 fully saturated rings. The zero-order chi connectivity index (χ0) is 15.4. The lowest BCUT2D eigenvalue weighted by molar-refractivity contribution is 0.559. The van der Waals surface area contributed by atoms with Crippen LogP contribution in [0.3, 0.4) is 0 Å². The van der Waals surface area contributed by atoms with Gasteiger partial charge in [-0.1, -0.05) is 6.92 Å². The molecule has 0 bridgehead atoms. The Balaban J connectivity index is 2.80. The highest BCUT2D eigenvalue weighted by Gasteiger charge is 2.29. The van der Waals surface area contributed by atoms with E-state index >= 15 is 0 Å². The number of sulfone groups is 1. The second kappa shape index (κ2) is 6.39. The molecule has 0 aliphatic carbocycles. The molecular weight excluding hydrogens is 276 g/mol. The summed E-state index contributed by atoms with van der Waals surface area (Å²) in [7, 11) is -3.13. The third-order valence-corrected chi connectivity index (χ3v) is 5.24. The van der Waals surface area contributed by atoms with Crippen molar-refractivity contribution in [3.63, 3.8) is 0 Å². The Morgan fingerprint density at radius 2 is 1.90 bits per heavy atom. The van der Waals surface area contributed by atoms with Gasteiger partial charge in [-0.2, -0.15) is 4.98 Å². The quantitative estimate of drug-likeness (QED) is 0.799. The normalized spacial score (nSPS) is 12.2. The van der Waals surface area contributed by atoms with Gasteiger partial charge in [-0.25, -0.2) is 13.4 Å². The second-order valence-electron chi connectivity index (χ2n) is 5.53. The largest absolute Gasteiger partial charge is 0.368 e. The van der Waals surface area contributed by atoms with E-state index in [4.69, 9.17) is 0 Å². The highest BCUT2D eigenvalue weighted by molar-refractivity contribution is 7.92. The number of nitrogens with one attached hydrogen (secondary N) is 2. The summed E-state index contributed by atoms with van der Waals surface area (Å²) in [6, 6.07) is 1.80. The van der Waals surface area contributed by atoms with Gasteiger partial charge >= 0.3 is 0 Å².